The predicted octanol–water partition coefficient (Wildman–Crippen LogP) is 6.92. The van der Waals surface area contributed by atoms with Gasteiger partial charge < -0.3 is 9.80 Å². The number of unbranched alkanes of at least 4 members (excludes halogenated alkanes) is 10. The van der Waals surface area contributed by atoms with Gasteiger partial charge in [0.15, 0.2) is 0 Å². The van der Waals surface area contributed by atoms with Crippen LogP contribution >= 0.6 is 0 Å². The van der Waals surface area contributed by atoms with E-state index in [1.54, 1.807) is 0 Å². The van der Waals surface area contributed by atoms with E-state index in [1.807, 2.05) is 0 Å². The maximum atomic E-state index is 2.61. The average Bonchev–Trinajstić information content (AvgIpc) is 2.96. The average molecular weight is 337 g/mol. The zero-order valence-electron chi connectivity index (χ0n) is 16.9. The van der Waals surface area contributed by atoms with Gasteiger partial charge in [0.1, 0.15) is 6.17 Å². The fourth-order valence-corrected chi connectivity index (χ4v) is 3.75. The van der Waals surface area contributed by atoms with E-state index in [0.717, 1.165) is 0 Å². The van der Waals surface area contributed by atoms with Gasteiger partial charge in [-0.05, 0) is 19.3 Å². The summed E-state index contributed by atoms with van der Waals surface area (Å²) in [7, 11) is 0. The van der Waals surface area contributed by atoms with Crippen LogP contribution in [0.4, 0.5) is 0 Å². The molecule has 142 valence electrons. The Bertz CT molecular complexity index is 300. The van der Waals surface area contributed by atoms with Crippen LogP contribution in [0.5, 0.6) is 0 Å². The van der Waals surface area contributed by atoms with E-state index in [2.05, 4.69) is 43.0 Å². The lowest BCUT2D eigenvalue weighted by Crippen LogP contribution is -2.39. The molecule has 0 saturated heterocycles. The van der Waals surface area contributed by atoms with Gasteiger partial charge in [-0.15, -0.1) is 0 Å². The monoisotopic (exact) mass is 336 g/mol. The van der Waals surface area contributed by atoms with Crippen molar-refractivity contribution >= 4 is 0 Å². The van der Waals surface area contributed by atoms with E-state index in [4.69, 9.17) is 0 Å². The summed E-state index contributed by atoms with van der Waals surface area (Å²) >= 11 is 0. The summed E-state index contributed by atoms with van der Waals surface area (Å²) in [4.78, 5) is 5.21. The Balaban J connectivity index is 2.15. The van der Waals surface area contributed by atoms with E-state index in [1.165, 1.54) is 103 Å². The molecule has 0 aromatic rings. The fraction of sp³-hybridized carbons (Fsp3) is 0.909. The van der Waals surface area contributed by atoms with Gasteiger partial charge in [-0.3, -0.25) is 0 Å². The van der Waals surface area contributed by atoms with Crippen LogP contribution in [0.25, 0.3) is 0 Å². The third-order valence-electron chi connectivity index (χ3n) is 5.30. The van der Waals surface area contributed by atoms with Gasteiger partial charge in [-0.1, -0.05) is 91.4 Å². The summed E-state index contributed by atoms with van der Waals surface area (Å²) < 4.78 is 0. The normalized spacial score (nSPS) is 17.2. The molecule has 24 heavy (non-hydrogen) atoms. The molecule has 1 unspecified atom stereocenters. The van der Waals surface area contributed by atoms with Crippen LogP contribution < -0.4 is 0 Å². The highest BCUT2D eigenvalue weighted by Crippen LogP contribution is 2.22. The number of hydrogen-bond acceptors (Lipinski definition) is 2. The van der Waals surface area contributed by atoms with E-state index >= 15 is 0 Å². The van der Waals surface area contributed by atoms with Crippen molar-refractivity contribution in [1.82, 2.24) is 9.80 Å². The second-order valence-corrected chi connectivity index (χ2v) is 7.58. The van der Waals surface area contributed by atoms with Crippen LogP contribution in [-0.4, -0.2) is 29.1 Å². The highest BCUT2D eigenvalue weighted by Gasteiger charge is 2.24. The van der Waals surface area contributed by atoms with Crippen molar-refractivity contribution < 1.29 is 0 Å². The molecule has 0 bridgehead atoms. The number of nitrogens with zero attached hydrogens (tertiary/aromatic N) is 2. The molecule has 0 aromatic carbocycles. The maximum absolute atomic E-state index is 2.61. The third-order valence-corrected chi connectivity index (χ3v) is 5.30. The first-order chi connectivity index (χ1) is 11.8. The van der Waals surface area contributed by atoms with Crippen LogP contribution in [0.15, 0.2) is 12.4 Å². The molecule has 0 spiro atoms. The minimum absolute atomic E-state index is 0.640. The molecule has 0 saturated carbocycles. The topological polar surface area (TPSA) is 6.48 Å². The van der Waals surface area contributed by atoms with Gasteiger partial charge in [-0.25, -0.2) is 0 Å². The molecule has 1 aliphatic rings. The molecule has 2 nitrogen and oxygen atoms in total. The Labute approximate surface area is 152 Å². The van der Waals surface area contributed by atoms with E-state index < -0.39 is 0 Å². The second kappa shape index (κ2) is 14.7. The van der Waals surface area contributed by atoms with E-state index in [0.29, 0.717) is 6.17 Å². The Kier molecular flexibility index (Phi) is 13.1. The number of hydrogen-bond donors (Lipinski definition) is 0. The van der Waals surface area contributed by atoms with Crippen molar-refractivity contribution in [2.75, 3.05) is 13.1 Å². The lowest BCUT2D eigenvalue weighted by Gasteiger charge is -2.33. The smallest absolute Gasteiger partial charge is 0.101 e. The van der Waals surface area contributed by atoms with E-state index in [-0.39, 0.29) is 0 Å². The zero-order valence-corrected chi connectivity index (χ0v) is 16.9. The lowest BCUT2D eigenvalue weighted by atomic mass is 10.1. The molecule has 1 atom stereocenters. The summed E-state index contributed by atoms with van der Waals surface area (Å²) in [6.07, 6.45) is 24.7. The zero-order chi connectivity index (χ0) is 17.5. The summed E-state index contributed by atoms with van der Waals surface area (Å²) in [6.45, 7) is 9.41. The Hall–Kier alpha value is -0.660. The Morgan fingerprint density at radius 1 is 0.542 bits per heavy atom. The van der Waals surface area contributed by atoms with Crippen molar-refractivity contribution in [3.63, 3.8) is 0 Å². The minimum atomic E-state index is 0.640. The summed E-state index contributed by atoms with van der Waals surface area (Å²) in [5, 5.41) is 0. The van der Waals surface area contributed by atoms with Crippen LogP contribution in [0.1, 0.15) is 111 Å². The van der Waals surface area contributed by atoms with Crippen LogP contribution in [0.2, 0.25) is 0 Å². The van der Waals surface area contributed by atoms with Gasteiger partial charge in [-0.2, -0.15) is 0 Å². The van der Waals surface area contributed by atoms with Crippen LogP contribution in [0.3, 0.4) is 0 Å². The third kappa shape index (κ3) is 8.99. The van der Waals surface area contributed by atoms with Crippen LogP contribution in [-0.2, 0) is 0 Å². The standard InChI is InChI=1S/C22H44N2/c1-4-7-9-11-12-13-14-16-19-24-21-20-23(22(24)17-6-3)18-15-10-8-5-2/h20-22H,4-19H2,1-3H3. The molecule has 1 aliphatic heterocycles. The van der Waals surface area contributed by atoms with Gasteiger partial charge >= 0.3 is 0 Å². The van der Waals surface area contributed by atoms with Crippen molar-refractivity contribution in [3.05, 3.63) is 12.4 Å². The molecule has 0 amide bonds. The lowest BCUT2D eigenvalue weighted by molar-refractivity contribution is 0.138. The Morgan fingerprint density at radius 3 is 1.42 bits per heavy atom. The molecule has 0 fully saturated rings. The first-order valence-electron chi connectivity index (χ1n) is 11.0. The Morgan fingerprint density at radius 2 is 0.958 bits per heavy atom. The molecule has 1 rings (SSSR count). The van der Waals surface area contributed by atoms with Gasteiger partial charge in [0.2, 0.25) is 0 Å². The molecule has 0 aromatic heterocycles. The van der Waals surface area contributed by atoms with Gasteiger partial charge in [0.25, 0.3) is 0 Å². The minimum Gasteiger partial charge on any atom is -0.356 e. The molecular weight excluding hydrogens is 292 g/mol. The van der Waals surface area contributed by atoms with Crippen LogP contribution in [0, 0.1) is 0 Å². The molecule has 0 radical (unpaired) electrons. The fourth-order valence-electron chi connectivity index (χ4n) is 3.75. The highest BCUT2D eigenvalue weighted by atomic mass is 15.4. The SMILES string of the molecule is CCCCCCCCCCN1C=CN(CCCCCC)C1CCC. The molecule has 0 N–H and O–H groups in total. The molecule has 1 heterocycles. The molecular formula is C22H44N2. The predicted molar refractivity (Wildman–Crippen MR) is 108 cm³/mol. The van der Waals surface area contributed by atoms with Crippen molar-refractivity contribution in [3.8, 4) is 0 Å². The summed E-state index contributed by atoms with van der Waals surface area (Å²) in [6, 6.07) is 0. The molecule has 2 heteroatoms. The summed E-state index contributed by atoms with van der Waals surface area (Å²) in [5.41, 5.74) is 0. The number of rotatable bonds is 16. The van der Waals surface area contributed by atoms with Crippen molar-refractivity contribution in [2.24, 2.45) is 0 Å². The second-order valence-electron chi connectivity index (χ2n) is 7.58. The van der Waals surface area contributed by atoms with Gasteiger partial charge in [0, 0.05) is 25.5 Å². The molecule has 0 aliphatic carbocycles. The highest BCUT2D eigenvalue weighted by molar-refractivity contribution is 4.96. The quantitative estimate of drug-likeness (QED) is 0.282. The summed E-state index contributed by atoms with van der Waals surface area (Å²) in [5.74, 6) is 0. The van der Waals surface area contributed by atoms with E-state index in [9.17, 15) is 0 Å². The first kappa shape index (κ1) is 21.4. The maximum Gasteiger partial charge on any atom is 0.101 e. The first-order valence-corrected chi connectivity index (χ1v) is 11.0. The van der Waals surface area contributed by atoms with Crippen molar-refractivity contribution in [2.45, 2.75) is 117 Å². The largest absolute Gasteiger partial charge is 0.356 e. The van der Waals surface area contributed by atoms with Gasteiger partial charge in [0.05, 0.1) is 0 Å². The van der Waals surface area contributed by atoms with Crippen molar-refractivity contribution in [1.29, 1.82) is 0 Å².